The van der Waals surface area contributed by atoms with E-state index in [0.29, 0.717) is 5.76 Å². The molecule has 6 nitrogen and oxygen atoms in total. The molecular weight excluding hydrogens is 256 g/mol. The van der Waals surface area contributed by atoms with Gasteiger partial charge in [-0.2, -0.15) is 0 Å². The highest BCUT2D eigenvalue weighted by Crippen LogP contribution is 2.14. The van der Waals surface area contributed by atoms with Crippen molar-refractivity contribution >= 4 is 16.9 Å². The van der Waals surface area contributed by atoms with Crippen LogP contribution in [0.25, 0.3) is 11.0 Å². The molecule has 2 heterocycles. The Morgan fingerprint density at radius 3 is 2.90 bits per heavy atom. The predicted molar refractivity (Wildman–Crippen MR) is 73.8 cm³/mol. The Bertz CT molecular complexity index is 753. The Morgan fingerprint density at radius 1 is 1.35 bits per heavy atom. The third kappa shape index (κ3) is 2.16. The summed E-state index contributed by atoms with van der Waals surface area (Å²) in [6.07, 6.45) is 1.82. The van der Waals surface area contributed by atoms with Gasteiger partial charge in [-0.25, -0.2) is 9.66 Å². The molecule has 0 bridgehead atoms. The lowest BCUT2D eigenvalue weighted by atomic mass is 10.1. The number of nitrogens with zero attached hydrogens (tertiary/aromatic N) is 3. The molecule has 0 aliphatic heterocycles. The molecular formula is C14H14N4O2. The average Bonchev–Trinajstić information content (AvgIpc) is 2.98. The van der Waals surface area contributed by atoms with Gasteiger partial charge >= 0.3 is 0 Å². The number of para-hydroxylation sites is 2. The first-order valence-electron chi connectivity index (χ1n) is 6.29. The zero-order valence-corrected chi connectivity index (χ0v) is 11.3. The maximum Gasteiger partial charge on any atom is 0.243 e. The molecule has 2 aromatic heterocycles. The zero-order chi connectivity index (χ0) is 14.1. The molecule has 0 fully saturated rings. The van der Waals surface area contributed by atoms with Crippen molar-refractivity contribution in [1.82, 2.24) is 14.8 Å². The van der Waals surface area contributed by atoms with Gasteiger partial charge in [-0.05, 0) is 26.0 Å². The summed E-state index contributed by atoms with van der Waals surface area (Å²) in [5.41, 5.74) is 6.07. The Labute approximate surface area is 115 Å². The standard InChI is InChI=1S/C14H14N4O2/c1-9-11(10(2)20-17-9)7-14(19)16-18-8-15-12-5-3-4-6-13(12)18/h3-6,8H,7H2,1-2H3,(H,16,19). The second-order valence-electron chi connectivity index (χ2n) is 4.62. The fourth-order valence-electron chi connectivity index (χ4n) is 2.14. The summed E-state index contributed by atoms with van der Waals surface area (Å²) in [4.78, 5) is 16.3. The van der Waals surface area contributed by atoms with Crippen LogP contribution in [0.15, 0.2) is 35.1 Å². The van der Waals surface area contributed by atoms with E-state index in [9.17, 15) is 4.79 Å². The Morgan fingerprint density at radius 2 is 2.15 bits per heavy atom. The van der Waals surface area contributed by atoms with Gasteiger partial charge in [0, 0.05) is 5.56 Å². The molecule has 0 aliphatic carbocycles. The van der Waals surface area contributed by atoms with E-state index in [0.717, 1.165) is 22.3 Å². The van der Waals surface area contributed by atoms with Crippen LogP contribution in [0.1, 0.15) is 17.0 Å². The molecule has 20 heavy (non-hydrogen) atoms. The van der Waals surface area contributed by atoms with Crippen LogP contribution in [0.4, 0.5) is 0 Å². The van der Waals surface area contributed by atoms with Crippen LogP contribution in [0.5, 0.6) is 0 Å². The molecule has 6 heteroatoms. The van der Waals surface area contributed by atoms with E-state index in [4.69, 9.17) is 4.52 Å². The van der Waals surface area contributed by atoms with Gasteiger partial charge in [0.25, 0.3) is 0 Å². The zero-order valence-electron chi connectivity index (χ0n) is 11.3. The molecule has 0 saturated heterocycles. The molecule has 0 saturated carbocycles. The van der Waals surface area contributed by atoms with Crippen LogP contribution < -0.4 is 5.43 Å². The summed E-state index contributed by atoms with van der Waals surface area (Å²) in [7, 11) is 0. The first kappa shape index (κ1) is 12.4. The second kappa shape index (κ2) is 4.80. The number of amides is 1. The van der Waals surface area contributed by atoms with E-state index in [-0.39, 0.29) is 12.3 Å². The van der Waals surface area contributed by atoms with Crippen LogP contribution in [0, 0.1) is 13.8 Å². The maximum absolute atomic E-state index is 12.1. The maximum atomic E-state index is 12.1. The Balaban J connectivity index is 1.80. The van der Waals surface area contributed by atoms with Crippen molar-refractivity contribution in [2.45, 2.75) is 20.3 Å². The van der Waals surface area contributed by atoms with E-state index in [1.165, 1.54) is 0 Å². The fraction of sp³-hybridized carbons (Fsp3) is 0.214. The summed E-state index contributed by atoms with van der Waals surface area (Å²) in [6, 6.07) is 7.61. The highest BCUT2D eigenvalue weighted by atomic mass is 16.5. The van der Waals surface area contributed by atoms with Gasteiger partial charge in [-0.1, -0.05) is 17.3 Å². The average molecular weight is 270 g/mol. The van der Waals surface area contributed by atoms with Crippen molar-refractivity contribution in [1.29, 1.82) is 0 Å². The molecule has 3 aromatic rings. The first-order chi connectivity index (χ1) is 9.65. The molecule has 0 aliphatic rings. The van der Waals surface area contributed by atoms with E-state index in [1.54, 1.807) is 17.9 Å². The number of hydrogen-bond donors (Lipinski definition) is 1. The number of nitrogens with one attached hydrogen (secondary N) is 1. The number of fused-ring (bicyclic) bond motifs is 1. The number of carbonyl (C=O) groups excluding carboxylic acids is 1. The third-order valence-electron chi connectivity index (χ3n) is 3.22. The van der Waals surface area contributed by atoms with Gasteiger partial charge in [0.15, 0.2) is 0 Å². The van der Waals surface area contributed by atoms with Gasteiger partial charge in [0.1, 0.15) is 12.1 Å². The van der Waals surface area contributed by atoms with Crippen molar-refractivity contribution in [3.63, 3.8) is 0 Å². The van der Waals surface area contributed by atoms with Gasteiger partial charge in [0.05, 0.1) is 23.1 Å². The summed E-state index contributed by atoms with van der Waals surface area (Å²) < 4.78 is 6.67. The lowest BCUT2D eigenvalue weighted by Crippen LogP contribution is -2.24. The predicted octanol–water partition coefficient (Wildman–Crippen LogP) is 1.95. The topological polar surface area (TPSA) is 73.0 Å². The van der Waals surface area contributed by atoms with Crippen molar-refractivity contribution < 1.29 is 9.32 Å². The minimum atomic E-state index is -0.137. The molecule has 0 atom stereocenters. The molecule has 0 spiro atoms. The number of hydrogen-bond acceptors (Lipinski definition) is 4. The van der Waals surface area contributed by atoms with Crippen LogP contribution in [-0.2, 0) is 11.2 Å². The van der Waals surface area contributed by atoms with Gasteiger partial charge < -0.3 is 4.52 Å². The lowest BCUT2D eigenvalue weighted by molar-refractivity contribution is -0.116. The van der Waals surface area contributed by atoms with Crippen LogP contribution in [0.2, 0.25) is 0 Å². The number of aromatic nitrogens is 3. The molecule has 3 rings (SSSR count). The van der Waals surface area contributed by atoms with E-state index >= 15 is 0 Å². The lowest BCUT2D eigenvalue weighted by Gasteiger charge is -2.06. The monoisotopic (exact) mass is 270 g/mol. The first-order valence-corrected chi connectivity index (χ1v) is 6.29. The Kier molecular flexibility index (Phi) is 2.98. The van der Waals surface area contributed by atoms with Crippen LogP contribution in [-0.4, -0.2) is 20.7 Å². The van der Waals surface area contributed by atoms with Crippen molar-refractivity contribution in [2.75, 3.05) is 5.43 Å². The van der Waals surface area contributed by atoms with Crippen molar-refractivity contribution in [2.24, 2.45) is 0 Å². The van der Waals surface area contributed by atoms with Gasteiger partial charge in [-0.15, -0.1) is 0 Å². The molecule has 1 N–H and O–H groups in total. The van der Waals surface area contributed by atoms with Crippen LogP contribution in [0.3, 0.4) is 0 Å². The number of carbonyl (C=O) groups is 1. The fourth-order valence-corrected chi connectivity index (χ4v) is 2.14. The Hall–Kier alpha value is -2.63. The molecule has 1 amide bonds. The van der Waals surface area contributed by atoms with Gasteiger partial charge in [-0.3, -0.25) is 10.2 Å². The minimum absolute atomic E-state index is 0.137. The highest BCUT2D eigenvalue weighted by Gasteiger charge is 2.14. The van der Waals surface area contributed by atoms with E-state index in [1.807, 2.05) is 31.2 Å². The van der Waals surface area contributed by atoms with Crippen molar-refractivity contribution in [3.8, 4) is 0 Å². The minimum Gasteiger partial charge on any atom is -0.361 e. The number of imidazole rings is 1. The second-order valence-corrected chi connectivity index (χ2v) is 4.62. The van der Waals surface area contributed by atoms with E-state index in [2.05, 4.69) is 15.6 Å². The van der Waals surface area contributed by atoms with Crippen molar-refractivity contribution in [3.05, 3.63) is 47.6 Å². The molecule has 102 valence electrons. The third-order valence-corrected chi connectivity index (χ3v) is 3.22. The highest BCUT2D eigenvalue weighted by molar-refractivity contribution is 5.88. The number of aryl methyl sites for hydroxylation is 2. The SMILES string of the molecule is Cc1noc(C)c1CC(=O)Nn1cnc2ccccc21. The quantitative estimate of drug-likeness (QED) is 0.789. The number of rotatable bonds is 3. The molecule has 0 unspecified atom stereocenters. The van der Waals surface area contributed by atoms with Crippen LogP contribution >= 0.6 is 0 Å². The summed E-state index contributed by atoms with van der Waals surface area (Å²) in [5.74, 6) is 0.538. The largest absolute Gasteiger partial charge is 0.361 e. The van der Waals surface area contributed by atoms with Gasteiger partial charge in [0.2, 0.25) is 5.91 Å². The molecule has 0 radical (unpaired) electrons. The number of benzene rings is 1. The molecule has 1 aromatic carbocycles. The summed E-state index contributed by atoms with van der Waals surface area (Å²) >= 11 is 0. The summed E-state index contributed by atoms with van der Waals surface area (Å²) in [6.45, 7) is 3.63. The normalized spacial score (nSPS) is 10.9. The smallest absolute Gasteiger partial charge is 0.243 e. The summed E-state index contributed by atoms with van der Waals surface area (Å²) in [5, 5.41) is 3.84. The van der Waals surface area contributed by atoms with E-state index < -0.39 is 0 Å².